The zero-order valence-electron chi connectivity index (χ0n) is 15.1. The van der Waals surface area contributed by atoms with Gasteiger partial charge in [0.1, 0.15) is 6.04 Å². The van der Waals surface area contributed by atoms with Crippen molar-refractivity contribution < 1.29 is 13.2 Å². The molecule has 140 valence electrons. The summed E-state index contributed by atoms with van der Waals surface area (Å²) in [5, 5.41) is 7.20. The highest BCUT2D eigenvalue weighted by Gasteiger charge is 2.36. The quantitative estimate of drug-likeness (QED) is 0.836. The van der Waals surface area contributed by atoms with E-state index in [9.17, 15) is 13.2 Å². The number of aryl methyl sites for hydroxylation is 2. The van der Waals surface area contributed by atoms with Gasteiger partial charge in [-0.2, -0.15) is 9.40 Å². The maximum atomic E-state index is 12.4. The average molecular weight is 377 g/mol. The zero-order valence-corrected chi connectivity index (χ0v) is 16.0. The van der Waals surface area contributed by atoms with Gasteiger partial charge in [-0.15, -0.1) is 0 Å². The molecule has 2 aromatic heterocycles. The van der Waals surface area contributed by atoms with Crippen LogP contribution in [0, 0.1) is 13.8 Å². The van der Waals surface area contributed by atoms with Gasteiger partial charge in [-0.3, -0.25) is 4.79 Å². The smallest absolute Gasteiger partial charge is 0.238 e. The lowest BCUT2D eigenvalue weighted by molar-refractivity contribution is -0.124. The van der Waals surface area contributed by atoms with Gasteiger partial charge in [-0.1, -0.05) is 6.07 Å². The van der Waals surface area contributed by atoms with E-state index in [1.807, 2.05) is 32.0 Å². The van der Waals surface area contributed by atoms with Crippen molar-refractivity contribution in [3.8, 4) is 5.82 Å². The minimum absolute atomic E-state index is 0.268. The third-order valence-electron chi connectivity index (χ3n) is 4.43. The maximum Gasteiger partial charge on any atom is 0.238 e. The molecular weight excluding hydrogens is 354 g/mol. The highest BCUT2D eigenvalue weighted by molar-refractivity contribution is 7.88. The van der Waals surface area contributed by atoms with E-state index in [-0.39, 0.29) is 5.91 Å². The van der Waals surface area contributed by atoms with Crippen LogP contribution in [0.1, 0.15) is 29.8 Å². The summed E-state index contributed by atoms with van der Waals surface area (Å²) in [7, 11) is -3.37. The van der Waals surface area contributed by atoms with Gasteiger partial charge in [-0.05, 0) is 44.4 Å². The molecule has 1 N–H and O–H groups in total. The van der Waals surface area contributed by atoms with E-state index in [4.69, 9.17) is 0 Å². The van der Waals surface area contributed by atoms with Crippen LogP contribution in [-0.2, 0) is 21.4 Å². The van der Waals surface area contributed by atoms with Crippen molar-refractivity contribution >= 4 is 15.9 Å². The lowest BCUT2D eigenvalue weighted by Crippen LogP contribution is -2.45. The van der Waals surface area contributed by atoms with Gasteiger partial charge >= 0.3 is 0 Å². The van der Waals surface area contributed by atoms with Crippen LogP contribution < -0.4 is 5.32 Å². The van der Waals surface area contributed by atoms with Gasteiger partial charge in [0, 0.05) is 25.0 Å². The van der Waals surface area contributed by atoms with E-state index in [0.29, 0.717) is 31.7 Å². The Morgan fingerprint density at radius 3 is 2.69 bits per heavy atom. The second kappa shape index (κ2) is 7.16. The van der Waals surface area contributed by atoms with Crippen LogP contribution in [-0.4, -0.2) is 52.2 Å². The summed E-state index contributed by atoms with van der Waals surface area (Å²) in [6.07, 6.45) is 4.08. The zero-order chi connectivity index (χ0) is 18.9. The van der Waals surface area contributed by atoms with Crippen molar-refractivity contribution in [2.24, 2.45) is 0 Å². The first-order valence-corrected chi connectivity index (χ1v) is 10.3. The molecule has 26 heavy (non-hydrogen) atoms. The molecule has 0 aliphatic carbocycles. The average Bonchev–Trinajstić information content (AvgIpc) is 3.19. The first kappa shape index (κ1) is 18.5. The van der Waals surface area contributed by atoms with Crippen LogP contribution >= 0.6 is 0 Å². The number of pyridine rings is 1. The van der Waals surface area contributed by atoms with Crippen LogP contribution in [0.25, 0.3) is 5.82 Å². The number of aromatic nitrogens is 3. The van der Waals surface area contributed by atoms with Crippen molar-refractivity contribution in [2.75, 3.05) is 12.8 Å². The maximum absolute atomic E-state index is 12.4. The van der Waals surface area contributed by atoms with E-state index in [1.54, 1.807) is 10.9 Å². The van der Waals surface area contributed by atoms with E-state index in [0.717, 1.165) is 23.2 Å². The molecule has 9 heteroatoms. The highest BCUT2D eigenvalue weighted by Crippen LogP contribution is 2.20. The second-order valence-electron chi connectivity index (χ2n) is 6.61. The normalized spacial score (nSPS) is 18.2. The Labute approximate surface area is 153 Å². The van der Waals surface area contributed by atoms with Gasteiger partial charge in [0.25, 0.3) is 0 Å². The number of rotatable bonds is 5. The standard InChI is InChI=1S/C17H23N5O3S/c1-12-9-13(2)22(20-12)16-7-6-14(10-18-16)11-19-17(23)15-5-4-8-21(15)26(3,24)25/h6-7,9-10,15H,4-5,8,11H2,1-3H3,(H,19,23)/t15-/m0/s1. The van der Waals surface area contributed by atoms with Crippen LogP contribution in [0.2, 0.25) is 0 Å². The summed E-state index contributed by atoms with van der Waals surface area (Å²) >= 11 is 0. The SMILES string of the molecule is Cc1cc(C)n(-c2ccc(CNC(=O)[C@@H]3CCCN3S(C)(=O)=O)cn2)n1. The molecule has 1 amide bonds. The number of hydrogen-bond acceptors (Lipinski definition) is 5. The van der Waals surface area contributed by atoms with Crippen molar-refractivity contribution in [2.45, 2.75) is 39.3 Å². The fourth-order valence-electron chi connectivity index (χ4n) is 3.21. The molecule has 1 fully saturated rings. The summed E-state index contributed by atoms with van der Waals surface area (Å²) in [6, 6.07) is 5.08. The number of carbonyl (C=O) groups is 1. The van der Waals surface area contributed by atoms with Crippen molar-refractivity contribution in [3.63, 3.8) is 0 Å². The largest absolute Gasteiger partial charge is 0.351 e. The van der Waals surface area contributed by atoms with E-state index >= 15 is 0 Å². The number of nitrogens with one attached hydrogen (secondary N) is 1. The highest BCUT2D eigenvalue weighted by atomic mass is 32.2. The predicted molar refractivity (Wildman–Crippen MR) is 97.3 cm³/mol. The molecule has 0 spiro atoms. The Morgan fingerprint density at radius 2 is 2.12 bits per heavy atom. The van der Waals surface area contributed by atoms with Gasteiger partial charge < -0.3 is 5.32 Å². The van der Waals surface area contributed by atoms with Crippen LogP contribution in [0.15, 0.2) is 24.4 Å². The second-order valence-corrected chi connectivity index (χ2v) is 8.55. The summed E-state index contributed by atoms with van der Waals surface area (Å²) in [6.45, 7) is 4.59. The Hall–Kier alpha value is -2.26. The fraction of sp³-hybridized carbons (Fsp3) is 0.471. The van der Waals surface area contributed by atoms with Crippen LogP contribution in [0.5, 0.6) is 0 Å². The van der Waals surface area contributed by atoms with Gasteiger partial charge in [0.15, 0.2) is 5.82 Å². The fourth-order valence-corrected chi connectivity index (χ4v) is 4.34. The molecule has 0 aromatic carbocycles. The van der Waals surface area contributed by atoms with Crippen LogP contribution in [0.3, 0.4) is 0 Å². The molecule has 3 heterocycles. The molecule has 1 saturated heterocycles. The van der Waals surface area contributed by atoms with Crippen molar-refractivity contribution in [3.05, 3.63) is 41.3 Å². The van der Waals surface area contributed by atoms with Gasteiger partial charge in [-0.25, -0.2) is 18.1 Å². The van der Waals surface area contributed by atoms with Gasteiger partial charge in [0.05, 0.1) is 11.9 Å². The van der Waals surface area contributed by atoms with E-state index in [1.165, 1.54) is 4.31 Å². The Kier molecular flexibility index (Phi) is 5.10. The summed E-state index contributed by atoms with van der Waals surface area (Å²) < 4.78 is 26.5. The molecule has 2 aromatic rings. The minimum Gasteiger partial charge on any atom is -0.351 e. The molecular formula is C17H23N5O3S. The number of nitrogens with zero attached hydrogens (tertiary/aromatic N) is 4. The van der Waals surface area contributed by atoms with Crippen molar-refractivity contribution in [1.29, 1.82) is 0 Å². The summed E-state index contributed by atoms with van der Waals surface area (Å²) in [5.74, 6) is 0.445. The molecule has 0 radical (unpaired) electrons. The Balaban J connectivity index is 1.63. The van der Waals surface area contributed by atoms with E-state index in [2.05, 4.69) is 15.4 Å². The van der Waals surface area contributed by atoms with Crippen LogP contribution in [0.4, 0.5) is 0 Å². The van der Waals surface area contributed by atoms with Gasteiger partial charge in [0.2, 0.25) is 15.9 Å². The minimum atomic E-state index is -3.37. The molecule has 1 aliphatic rings. The Morgan fingerprint density at radius 1 is 1.35 bits per heavy atom. The molecule has 0 saturated carbocycles. The third-order valence-corrected chi connectivity index (χ3v) is 5.72. The molecule has 0 unspecified atom stereocenters. The molecule has 0 bridgehead atoms. The summed E-state index contributed by atoms with van der Waals surface area (Å²) in [5.41, 5.74) is 2.76. The first-order chi connectivity index (χ1) is 12.3. The third kappa shape index (κ3) is 3.94. The molecule has 8 nitrogen and oxygen atoms in total. The number of amides is 1. The summed E-state index contributed by atoms with van der Waals surface area (Å²) in [4.78, 5) is 16.8. The molecule has 1 aliphatic heterocycles. The van der Waals surface area contributed by atoms with E-state index < -0.39 is 16.1 Å². The Bertz CT molecular complexity index is 905. The topological polar surface area (TPSA) is 97.2 Å². The predicted octanol–water partition coefficient (Wildman–Crippen LogP) is 0.924. The number of sulfonamides is 1. The van der Waals surface area contributed by atoms with Crippen molar-refractivity contribution in [1.82, 2.24) is 24.4 Å². The lowest BCUT2D eigenvalue weighted by Gasteiger charge is -2.21. The monoisotopic (exact) mass is 377 g/mol. The first-order valence-electron chi connectivity index (χ1n) is 8.49. The molecule has 3 rings (SSSR count). The number of hydrogen-bond donors (Lipinski definition) is 1. The lowest BCUT2D eigenvalue weighted by atomic mass is 10.2. The number of carbonyl (C=O) groups excluding carboxylic acids is 1. The molecule has 1 atom stereocenters.